The van der Waals surface area contributed by atoms with Crippen LogP contribution in [0.4, 0.5) is 5.95 Å². The van der Waals surface area contributed by atoms with E-state index in [1.807, 2.05) is 12.4 Å². The Morgan fingerprint density at radius 3 is 2.22 bits per heavy atom. The van der Waals surface area contributed by atoms with Gasteiger partial charge in [-0.1, -0.05) is 0 Å². The molecule has 3 heterocycles. The SMILES string of the molecule is C#CCCN1CCN(Cc2cnc(N3CCCCC3)nc2)CC1. The number of rotatable bonds is 5. The summed E-state index contributed by atoms with van der Waals surface area (Å²) in [5, 5.41) is 0. The van der Waals surface area contributed by atoms with E-state index in [0.717, 1.165) is 64.7 Å². The first-order valence-corrected chi connectivity index (χ1v) is 8.79. The minimum absolute atomic E-state index is 0.853. The van der Waals surface area contributed by atoms with Gasteiger partial charge in [-0.15, -0.1) is 12.3 Å². The number of hydrogen-bond acceptors (Lipinski definition) is 5. The lowest BCUT2D eigenvalue weighted by Gasteiger charge is -2.34. The molecule has 1 aromatic heterocycles. The van der Waals surface area contributed by atoms with Crippen molar-refractivity contribution < 1.29 is 0 Å². The van der Waals surface area contributed by atoms with Crippen LogP contribution in [0.1, 0.15) is 31.2 Å². The van der Waals surface area contributed by atoms with Crippen LogP contribution in [0.25, 0.3) is 0 Å². The molecule has 0 saturated carbocycles. The topological polar surface area (TPSA) is 35.5 Å². The molecule has 0 radical (unpaired) electrons. The van der Waals surface area contributed by atoms with Crippen molar-refractivity contribution >= 4 is 5.95 Å². The van der Waals surface area contributed by atoms with Crippen LogP contribution in [-0.2, 0) is 6.54 Å². The molecule has 2 fully saturated rings. The number of aromatic nitrogens is 2. The van der Waals surface area contributed by atoms with E-state index in [4.69, 9.17) is 6.42 Å². The second-order valence-electron chi connectivity index (χ2n) is 6.51. The summed E-state index contributed by atoms with van der Waals surface area (Å²) < 4.78 is 0. The van der Waals surface area contributed by atoms with Crippen molar-refractivity contribution in [2.24, 2.45) is 0 Å². The van der Waals surface area contributed by atoms with Gasteiger partial charge >= 0.3 is 0 Å². The van der Waals surface area contributed by atoms with Gasteiger partial charge in [-0.25, -0.2) is 9.97 Å². The lowest BCUT2D eigenvalue weighted by atomic mass is 10.1. The summed E-state index contributed by atoms with van der Waals surface area (Å²) in [6, 6.07) is 0. The van der Waals surface area contributed by atoms with Gasteiger partial charge in [0.15, 0.2) is 0 Å². The largest absolute Gasteiger partial charge is 0.341 e. The molecular formula is C18H27N5. The number of piperazine rings is 1. The van der Waals surface area contributed by atoms with Gasteiger partial charge in [0.2, 0.25) is 5.95 Å². The Morgan fingerprint density at radius 2 is 1.57 bits per heavy atom. The van der Waals surface area contributed by atoms with Crippen molar-refractivity contribution in [3.63, 3.8) is 0 Å². The maximum Gasteiger partial charge on any atom is 0.225 e. The Bertz CT molecular complexity index is 507. The van der Waals surface area contributed by atoms with E-state index in [1.165, 1.54) is 24.8 Å². The highest BCUT2D eigenvalue weighted by Crippen LogP contribution is 2.15. The fourth-order valence-corrected chi connectivity index (χ4v) is 3.34. The molecule has 3 rings (SSSR count). The van der Waals surface area contributed by atoms with Gasteiger partial charge in [-0.3, -0.25) is 9.80 Å². The third kappa shape index (κ3) is 4.66. The molecule has 5 nitrogen and oxygen atoms in total. The average Bonchev–Trinajstić information content (AvgIpc) is 2.62. The maximum atomic E-state index is 5.34. The molecule has 0 unspecified atom stereocenters. The summed E-state index contributed by atoms with van der Waals surface area (Å²) in [6.45, 7) is 8.57. The average molecular weight is 313 g/mol. The van der Waals surface area contributed by atoms with Crippen molar-refractivity contribution in [3.8, 4) is 12.3 Å². The van der Waals surface area contributed by atoms with E-state index in [2.05, 4.69) is 30.6 Å². The van der Waals surface area contributed by atoms with Crippen molar-refractivity contribution in [2.75, 3.05) is 50.7 Å². The van der Waals surface area contributed by atoms with E-state index in [-0.39, 0.29) is 0 Å². The minimum atomic E-state index is 0.853. The summed E-state index contributed by atoms with van der Waals surface area (Å²) in [7, 11) is 0. The Hall–Kier alpha value is -1.64. The summed E-state index contributed by atoms with van der Waals surface area (Å²) in [4.78, 5) is 16.4. The zero-order valence-corrected chi connectivity index (χ0v) is 14.0. The van der Waals surface area contributed by atoms with Crippen LogP contribution in [0, 0.1) is 12.3 Å². The second kappa shape index (κ2) is 8.28. The van der Waals surface area contributed by atoms with Crippen LogP contribution < -0.4 is 4.90 Å². The molecule has 0 spiro atoms. The highest BCUT2D eigenvalue weighted by molar-refractivity contribution is 5.30. The van der Waals surface area contributed by atoms with E-state index in [1.54, 1.807) is 0 Å². The molecule has 0 N–H and O–H groups in total. The van der Waals surface area contributed by atoms with Gasteiger partial charge in [0.1, 0.15) is 0 Å². The highest BCUT2D eigenvalue weighted by atomic mass is 15.3. The summed E-state index contributed by atoms with van der Waals surface area (Å²) in [5.41, 5.74) is 1.21. The number of piperidine rings is 1. The highest BCUT2D eigenvalue weighted by Gasteiger charge is 2.17. The molecule has 2 aliphatic rings. The van der Waals surface area contributed by atoms with Gasteiger partial charge in [0.05, 0.1) is 0 Å². The Morgan fingerprint density at radius 1 is 0.913 bits per heavy atom. The molecule has 23 heavy (non-hydrogen) atoms. The van der Waals surface area contributed by atoms with Crippen LogP contribution in [0.3, 0.4) is 0 Å². The third-order valence-corrected chi connectivity index (χ3v) is 4.77. The van der Waals surface area contributed by atoms with Gasteiger partial charge in [-0.05, 0) is 19.3 Å². The maximum absolute atomic E-state index is 5.34. The van der Waals surface area contributed by atoms with E-state index in [9.17, 15) is 0 Å². The smallest absolute Gasteiger partial charge is 0.225 e. The Kier molecular flexibility index (Phi) is 5.84. The third-order valence-electron chi connectivity index (χ3n) is 4.77. The van der Waals surface area contributed by atoms with Gasteiger partial charge in [0.25, 0.3) is 0 Å². The molecule has 0 aliphatic carbocycles. The van der Waals surface area contributed by atoms with Crippen molar-refractivity contribution in [1.29, 1.82) is 0 Å². The molecule has 0 bridgehead atoms. The Balaban J connectivity index is 1.46. The first kappa shape index (κ1) is 16.2. The molecule has 0 amide bonds. The van der Waals surface area contributed by atoms with Crippen molar-refractivity contribution in [3.05, 3.63) is 18.0 Å². The van der Waals surface area contributed by atoms with Gasteiger partial charge < -0.3 is 4.90 Å². The minimum Gasteiger partial charge on any atom is -0.341 e. The molecular weight excluding hydrogens is 286 g/mol. The summed E-state index contributed by atoms with van der Waals surface area (Å²) in [5.74, 6) is 3.62. The van der Waals surface area contributed by atoms with E-state index in [0.29, 0.717) is 0 Å². The van der Waals surface area contributed by atoms with Crippen LogP contribution >= 0.6 is 0 Å². The molecule has 2 aliphatic heterocycles. The number of terminal acetylenes is 1. The molecule has 0 aromatic carbocycles. The van der Waals surface area contributed by atoms with Crippen molar-refractivity contribution in [1.82, 2.24) is 19.8 Å². The number of nitrogens with zero attached hydrogens (tertiary/aromatic N) is 5. The number of hydrogen-bond donors (Lipinski definition) is 0. The van der Waals surface area contributed by atoms with E-state index < -0.39 is 0 Å². The fraction of sp³-hybridized carbons (Fsp3) is 0.667. The standard InChI is InChI=1S/C18H27N5/c1-2-3-7-21-10-12-22(13-11-21)16-17-14-19-18(20-15-17)23-8-5-4-6-9-23/h1,14-15H,3-13,16H2. The van der Waals surface area contributed by atoms with Crippen molar-refractivity contribution in [2.45, 2.75) is 32.2 Å². The lowest BCUT2D eigenvalue weighted by Crippen LogP contribution is -2.46. The molecule has 5 heteroatoms. The lowest BCUT2D eigenvalue weighted by molar-refractivity contribution is 0.129. The zero-order valence-electron chi connectivity index (χ0n) is 14.0. The van der Waals surface area contributed by atoms with Crippen LogP contribution in [0.15, 0.2) is 12.4 Å². The zero-order chi connectivity index (χ0) is 15.9. The molecule has 1 aromatic rings. The normalized spacial score (nSPS) is 20.4. The van der Waals surface area contributed by atoms with E-state index >= 15 is 0 Å². The molecule has 2 saturated heterocycles. The first-order chi connectivity index (χ1) is 11.3. The molecule has 0 atom stereocenters. The monoisotopic (exact) mass is 313 g/mol. The Labute approximate surface area is 139 Å². The first-order valence-electron chi connectivity index (χ1n) is 8.79. The van der Waals surface area contributed by atoms with Gasteiger partial charge in [-0.2, -0.15) is 0 Å². The fourth-order valence-electron chi connectivity index (χ4n) is 3.34. The quantitative estimate of drug-likeness (QED) is 0.772. The van der Waals surface area contributed by atoms with Crippen LogP contribution in [-0.4, -0.2) is 65.6 Å². The number of anilines is 1. The molecule has 124 valence electrons. The van der Waals surface area contributed by atoms with Gasteiger partial charge in [0, 0.05) is 76.7 Å². The second-order valence-corrected chi connectivity index (χ2v) is 6.51. The van der Waals surface area contributed by atoms with Crippen LogP contribution in [0.2, 0.25) is 0 Å². The predicted molar refractivity (Wildman–Crippen MR) is 93.3 cm³/mol. The predicted octanol–water partition coefficient (Wildman–Crippen LogP) is 1.61. The van der Waals surface area contributed by atoms with Crippen LogP contribution in [0.5, 0.6) is 0 Å². The summed E-state index contributed by atoms with van der Waals surface area (Å²) >= 11 is 0. The summed E-state index contributed by atoms with van der Waals surface area (Å²) in [6.07, 6.45) is 14.0.